The molecular formula is CH3AuNO2. The summed E-state index contributed by atoms with van der Waals surface area (Å²) < 4.78 is 0. The average molecular weight is 258 g/mol. The molecule has 0 bridgehead atoms. The first kappa shape index (κ1) is 8.89. The monoisotopic (exact) mass is 258 g/mol. The van der Waals surface area contributed by atoms with Gasteiger partial charge < -0.3 is 10.8 Å². The molecule has 0 aromatic rings. The number of amides is 1. The third-order valence-corrected chi connectivity index (χ3v) is 0. The van der Waals surface area contributed by atoms with E-state index in [0.29, 0.717) is 0 Å². The van der Waals surface area contributed by atoms with Gasteiger partial charge in [0.05, 0.1) is 0 Å². The van der Waals surface area contributed by atoms with Gasteiger partial charge in [0.15, 0.2) is 0 Å². The zero-order valence-electron chi connectivity index (χ0n) is 2.23. The van der Waals surface area contributed by atoms with Gasteiger partial charge in [0.25, 0.3) is 0 Å². The van der Waals surface area contributed by atoms with Crippen molar-refractivity contribution in [2.24, 2.45) is 5.73 Å². The van der Waals surface area contributed by atoms with E-state index in [-0.39, 0.29) is 22.4 Å². The minimum Gasteiger partial charge on any atom is -0.465 e. The number of carbonyl (C=O) groups is 1. The van der Waals surface area contributed by atoms with Crippen LogP contribution in [0.15, 0.2) is 0 Å². The topological polar surface area (TPSA) is 63.3 Å². The van der Waals surface area contributed by atoms with Gasteiger partial charge in [-0.15, -0.1) is 0 Å². The van der Waals surface area contributed by atoms with E-state index in [4.69, 9.17) is 9.90 Å². The smallest absolute Gasteiger partial charge is 0.402 e. The molecule has 4 heteroatoms. The Morgan fingerprint density at radius 2 is 1.80 bits per heavy atom. The molecule has 0 atom stereocenters. The van der Waals surface area contributed by atoms with Crippen LogP contribution in [0.3, 0.4) is 0 Å². The minimum absolute atomic E-state index is 0. The van der Waals surface area contributed by atoms with Crippen molar-refractivity contribution in [3.05, 3.63) is 0 Å². The Morgan fingerprint density at radius 3 is 1.80 bits per heavy atom. The second-order valence-electron chi connectivity index (χ2n) is 0.338. The van der Waals surface area contributed by atoms with Gasteiger partial charge in [0.1, 0.15) is 0 Å². The van der Waals surface area contributed by atoms with Gasteiger partial charge in [0, 0.05) is 22.4 Å². The van der Waals surface area contributed by atoms with E-state index < -0.39 is 6.09 Å². The Hall–Kier alpha value is 0.0103. The number of carboxylic acid groups (broad SMARTS) is 1. The van der Waals surface area contributed by atoms with Crippen molar-refractivity contribution in [2.75, 3.05) is 0 Å². The second-order valence-corrected chi connectivity index (χ2v) is 0.338. The van der Waals surface area contributed by atoms with E-state index in [0.717, 1.165) is 0 Å². The number of hydrogen-bond donors (Lipinski definition) is 2. The molecule has 35 valence electrons. The van der Waals surface area contributed by atoms with Crippen molar-refractivity contribution in [3.63, 3.8) is 0 Å². The van der Waals surface area contributed by atoms with E-state index in [1.165, 1.54) is 0 Å². The first-order chi connectivity index (χ1) is 1.73. The van der Waals surface area contributed by atoms with E-state index in [9.17, 15) is 0 Å². The zero-order valence-corrected chi connectivity index (χ0v) is 4.40. The maximum atomic E-state index is 8.78. The molecule has 0 aromatic heterocycles. The van der Waals surface area contributed by atoms with Crippen molar-refractivity contribution in [3.8, 4) is 0 Å². The molecule has 0 rings (SSSR count). The summed E-state index contributed by atoms with van der Waals surface area (Å²) in [4.78, 5) is 8.78. The van der Waals surface area contributed by atoms with Crippen LogP contribution in [0.1, 0.15) is 0 Å². The summed E-state index contributed by atoms with van der Waals surface area (Å²) in [5.41, 5.74) is 4.03. The van der Waals surface area contributed by atoms with Crippen molar-refractivity contribution in [1.29, 1.82) is 0 Å². The second kappa shape index (κ2) is 4.01. The van der Waals surface area contributed by atoms with Gasteiger partial charge in [-0.05, 0) is 0 Å². The molecule has 3 nitrogen and oxygen atoms in total. The number of rotatable bonds is 0. The summed E-state index contributed by atoms with van der Waals surface area (Å²) in [6, 6.07) is 0. The summed E-state index contributed by atoms with van der Waals surface area (Å²) in [5.74, 6) is 0. The molecule has 1 radical (unpaired) electrons. The van der Waals surface area contributed by atoms with Crippen LogP contribution in [0.5, 0.6) is 0 Å². The fourth-order valence-corrected chi connectivity index (χ4v) is 0. The fraction of sp³-hybridized carbons (Fsp3) is 0. The van der Waals surface area contributed by atoms with Crippen molar-refractivity contribution in [1.82, 2.24) is 0 Å². The summed E-state index contributed by atoms with van der Waals surface area (Å²) in [5, 5.41) is 7.19. The maximum absolute atomic E-state index is 8.78. The predicted molar refractivity (Wildman–Crippen MR) is 12.2 cm³/mol. The van der Waals surface area contributed by atoms with Crippen LogP contribution >= 0.6 is 0 Å². The van der Waals surface area contributed by atoms with Gasteiger partial charge in [0.2, 0.25) is 0 Å². The Morgan fingerprint density at radius 1 is 1.80 bits per heavy atom. The van der Waals surface area contributed by atoms with Crippen LogP contribution in [0, 0.1) is 0 Å². The van der Waals surface area contributed by atoms with E-state index in [2.05, 4.69) is 5.73 Å². The molecule has 1 amide bonds. The van der Waals surface area contributed by atoms with E-state index in [1.807, 2.05) is 0 Å². The van der Waals surface area contributed by atoms with Gasteiger partial charge in [-0.25, -0.2) is 4.79 Å². The number of nitrogens with two attached hydrogens (primary N) is 1. The number of primary amides is 1. The van der Waals surface area contributed by atoms with Crippen LogP contribution < -0.4 is 5.73 Å². The van der Waals surface area contributed by atoms with Gasteiger partial charge in [-0.1, -0.05) is 0 Å². The molecule has 0 unspecified atom stereocenters. The molecule has 0 saturated heterocycles. The largest absolute Gasteiger partial charge is 0.465 e. The Labute approximate surface area is 44.7 Å². The molecule has 3 N–H and O–H groups in total. The molecular weight excluding hydrogens is 255 g/mol. The quantitative estimate of drug-likeness (QED) is 0.582. The normalized spacial score (nSPS) is 4.80. The summed E-state index contributed by atoms with van der Waals surface area (Å²) >= 11 is 0. The average Bonchev–Trinajstić information content (AvgIpc) is 0.811. The summed E-state index contributed by atoms with van der Waals surface area (Å²) in [6.07, 6.45) is -1.33. The molecule has 0 aliphatic rings. The molecule has 5 heavy (non-hydrogen) atoms. The van der Waals surface area contributed by atoms with E-state index >= 15 is 0 Å². The van der Waals surface area contributed by atoms with Crippen LogP contribution in [0.25, 0.3) is 0 Å². The zero-order chi connectivity index (χ0) is 3.58. The van der Waals surface area contributed by atoms with Gasteiger partial charge in [-0.3, -0.25) is 0 Å². The van der Waals surface area contributed by atoms with Crippen molar-refractivity contribution < 1.29 is 32.3 Å². The molecule has 0 aromatic carbocycles. The molecule has 0 saturated carbocycles. The first-order valence-electron chi connectivity index (χ1n) is 0.716. The third-order valence-electron chi connectivity index (χ3n) is 0. The van der Waals surface area contributed by atoms with Crippen LogP contribution in [0.2, 0.25) is 0 Å². The Kier molecular flexibility index (Phi) is 7.13. The molecule has 0 fully saturated rings. The van der Waals surface area contributed by atoms with Gasteiger partial charge in [-0.2, -0.15) is 0 Å². The van der Waals surface area contributed by atoms with Gasteiger partial charge >= 0.3 is 6.09 Å². The molecule has 0 heterocycles. The summed E-state index contributed by atoms with van der Waals surface area (Å²) in [7, 11) is 0. The van der Waals surface area contributed by atoms with Crippen molar-refractivity contribution in [2.45, 2.75) is 0 Å². The first-order valence-corrected chi connectivity index (χ1v) is 0.716. The van der Waals surface area contributed by atoms with Crippen LogP contribution in [-0.4, -0.2) is 11.2 Å². The fourth-order valence-electron chi connectivity index (χ4n) is 0. The van der Waals surface area contributed by atoms with Crippen LogP contribution in [0.4, 0.5) is 4.79 Å². The summed E-state index contributed by atoms with van der Waals surface area (Å²) in [6.45, 7) is 0. The minimum atomic E-state index is -1.33. The molecule has 0 aliphatic heterocycles. The van der Waals surface area contributed by atoms with E-state index in [1.54, 1.807) is 0 Å². The SMILES string of the molecule is NC(=O)O.[Au]. The van der Waals surface area contributed by atoms with Crippen molar-refractivity contribution >= 4 is 6.09 Å². The van der Waals surface area contributed by atoms with Crippen LogP contribution in [-0.2, 0) is 22.4 Å². The maximum Gasteiger partial charge on any atom is 0.402 e. The molecule has 0 spiro atoms. The predicted octanol–water partition coefficient (Wildman–Crippen LogP) is -0.379. The Balaban J connectivity index is 0. The Bertz CT molecular complexity index is 32.6. The molecule has 0 aliphatic carbocycles. The number of hydrogen-bond acceptors (Lipinski definition) is 1. The third kappa shape index (κ3) is 154000. The standard InChI is InChI=1S/CH3NO2.Au/c2-1(3)4;/h2H2,(H,3,4);.